The van der Waals surface area contributed by atoms with Gasteiger partial charge in [-0.3, -0.25) is 4.79 Å². The number of halogens is 2. The Morgan fingerprint density at radius 2 is 2.11 bits per heavy atom. The lowest BCUT2D eigenvalue weighted by atomic mass is 10.0. The lowest BCUT2D eigenvalue weighted by molar-refractivity contribution is -0.132. The number of carbonyl (C=O) groups is 1. The van der Waals surface area contributed by atoms with E-state index in [1.807, 2.05) is 18.2 Å². The predicted molar refractivity (Wildman–Crippen MR) is 74.0 cm³/mol. The fourth-order valence-corrected chi connectivity index (χ4v) is 2.50. The number of alkyl halides is 2. The van der Waals surface area contributed by atoms with E-state index in [4.69, 9.17) is 23.2 Å². The van der Waals surface area contributed by atoms with Crippen molar-refractivity contribution < 1.29 is 4.79 Å². The molecule has 1 aliphatic heterocycles. The summed E-state index contributed by atoms with van der Waals surface area (Å²) in [7, 11) is 0. The van der Waals surface area contributed by atoms with E-state index in [-0.39, 0.29) is 11.9 Å². The first-order valence-corrected chi connectivity index (χ1v) is 6.89. The van der Waals surface area contributed by atoms with Crippen molar-refractivity contribution in [2.45, 2.75) is 17.3 Å². The number of hydrogen-bond acceptors (Lipinski definition) is 2. The van der Waals surface area contributed by atoms with E-state index < -0.39 is 4.84 Å². The van der Waals surface area contributed by atoms with Crippen LogP contribution in [0.5, 0.6) is 0 Å². The molecule has 1 aromatic rings. The first-order chi connectivity index (χ1) is 8.68. The predicted octanol–water partition coefficient (Wildman–Crippen LogP) is 1.83. The molecule has 0 aliphatic carbocycles. The molecule has 1 saturated heterocycles. The van der Waals surface area contributed by atoms with E-state index in [0.29, 0.717) is 6.54 Å². The molecule has 18 heavy (non-hydrogen) atoms. The molecule has 0 bridgehead atoms. The van der Waals surface area contributed by atoms with Gasteiger partial charge in [-0.05, 0) is 12.0 Å². The summed E-state index contributed by atoms with van der Waals surface area (Å²) < 4.78 is 0. The minimum absolute atomic E-state index is 0.119. The van der Waals surface area contributed by atoms with Gasteiger partial charge < -0.3 is 10.2 Å². The molecule has 1 N–H and O–H groups in total. The quantitative estimate of drug-likeness (QED) is 0.860. The highest BCUT2D eigenvalue weighted by atomic mass is 35.5. The second kappa shape index (κ2) is 6.41. The zero-order valence-electron chi connectivity index (χ0n) is 9.98. The molecule has 98 valence electrons. The van der Waals surface area contributed by atoms with Gasteiger partial charge in [-0.2, -0.15) is 0 Å². The van der Waals surface area contributed by atoms with E-state index in [1.165, 1.54) is 5.56 Å². The van der Waals surface area contributed by atoms with E-state index in [9.17, 15) is 4.79 Å². The van der Waals surface area contributed by atoms with Crippen molar-refractivity contribution in [2.75, 3.05) is 19.6 Å². The van der Waals surface area contributed by atoms with Crippen LogP contribution >= 0.6 is 23.2 Å². The fraction of sp³-hybridized carbons (Fsp3) is 0.462. The fourth-order valence-electron chi connectivity index (χ4n) is 2.24. The number of carbonyl (C=O) groups excluding carboxylic acids is 1. The zero-order valence-corrected chi connectivity index (χ0v) is 11.5. The van der Waals surface area contributed by atoms with Crippen LogP contribution in [0.2, 0.25) is 0 Å². The number of nitrogens with one attached hydrogen (secondary N) is 1. The van der Waals surface area contributed by atoms with Crippen molar-refractivity contribution in [1.82, 2.24) is 10.2 Å². The Balaban J connectivity index is 2.06. The molecule has 1 amide bonds. The van der Waals surface area contributed by atoms with Crippen LogP contribution in [0, 0.1) is 0 Å². The summed E-state index contributed by atoms with van der Waals surface area (Å²) in [6, 6.07) is 10.2. The summed E-state index contributed by atoms with van der Waals surface area (Å²) >= 11 is 11.4. The molecule has 1 fully saturated rings. The molecule has 1 atom stereocenters. The summed E-state index contributed by atoms with van der Waals surface area (Å²) in [5.41, 5.74) is 1.21. The Hall–Kier alpha value is -0.770. The third-order valence-electron chi connectivity index (χ3n) is 3.13. The van der Waals surface area contributed by atoms with Crippen molar-refractivity contribution in [3.05, 3.63) is 35.9 Å². The maximum absolute atomic E-state index is 11.9. The number of nitrogens with zero attached hydrogens (tertiary/aromatic N) is 1. The summed E-state index contributed by atoms with van der Waals surface area (Å²) in [6.45, 7) is 2.23. The molecule has 3 nitrogen and oxygen atoms in total. The molecule has 1 unspecified atom stereocenters. The summed E-state index contributed by atoms with van der Waals surface area (Å²) in [5.74, 6) is -0.194. The van der Waals surface area contributed by atoms with Crippen LogP contribution in [0.25, 0.3) is 0 Å². The maximum Gasteiger partial charge on any atom is 0.256 e. The van der Waals surface area contributed by atoms with Gasteiger partial charge in [0.15, 0.2) is 4.84 Å². The van der Waals surface area contributed by atoms with Crippen LogP contribution in [0.3, 0.4) is 0 Å². The van der Waals surface area contributed by atoms with Crippen molar-refractivity contribution in [1.29, 1.82) is 0 Å². The van der Waals surface area contributed by atoms with Crippen molar-refractivity contribution in [2.24, 2.45) is 0 Å². The Labute approximate surface area is 117 Å². The van der Waals surface area contributed by atoms with Gasteiger partial charge in [0, 0.05) is 25.7 Å². The minimum atomic E-state index is -0.971. The molecule has 0 saturated carbocycles. The SMILES string of the molecule is O=C(C(Cl)Cl)N1CCNCC1Cc1ccccc1. The van der Waals surface area contributed by atoms with Crippen molar-refractivity contribution in [3.63, 3.8) is 0 Å². The van der Waals surface area contributed by atoms with Gasteiger partial charge in [0.2, 0.25) is 0 Å². The Kier molecular flexibility index (Phi) is 4.87. The third-order valence-corrected chi connectivity index (χ3v) is 3.51. The van der Waals surface area contributed by atoms with E-state index in [2.05, 4.69) is 17.4 Å². The minimum Gasteiger partial charge on any atom is -0.334 e. The van der Waals surface area contributed by atoms with Crippen molar-refractivity contribution in [3.8, 4) is 0 Å². The normalized spacial score (nSPS) is 20.2. The summed E-state index contributed by atoms with van der Waals surface area (Å²) in [5, 5.41) is 3.30. The number of piperazine rings is 1. The molecule has 1 aliphatic rings. The Morgan fingerprint density at radius 3 is 2.78 bits per heavy atom. The standard InChI is InChI=1S/C13H16Cl2N2O/c14-12(15)13(18)17-7-6-16-9-11(17)8-10-4-2-1-3-5-10/h1-5,11-12,16H,6-9H2. The second-order valence-corrected chi connectivity index (χ2v) is 5.48. The largest absolute Gasteiger partial charge is 0.334 e. The van der Waals surface area contributed by atoms with Crippen LogP contribution in [-0.4, -0.2) is 41.3 Å². The highest BCUT2D eigenvalue weighted by molar-refractivity contribution is 6.53. The average molecular weight is 287 g/mol. The number of hydrogen-bond donors (Lipinski definition) is 1. The van der Waals surface area contributed by atoms with Crippen LogP contribution in [0.4, 0.5) is 0 Å². The zero-order chi connectivity index (χ0) is 13.0. The molecule has 2 rings (SSSR count). The monoisotopic (exact) mass is 286 g/mol. The van der Waals surface area contributed by atoms with Gasteiger partial charge in [0.1, 0.15) is 0 Å². The Bertz CT molecular complexity index is 397. The van der Waals surface area contributed by atoms with Gasteiger partial charge >= 0.3 is 0 Å². The van der Waals surface area contributed by atoms with Crippen LogP contribution in [0.1, 0.15) is 5.56 Å². The molecule has 0 spiro atoms. The summed E-state index contributed by atoms with van der Waals surface area (Å²) in [6.07, 6.45) is 0.820. The highest BCUT2D eigenvalue weighted by Crippen LogP contribution is 2.15. The van der Waals surface area contributed by atoms with E-state index >= 15 is 0 Å². The van der Waals surface area contributed by atoms with Gasteiger partial charge in [-0.15, -0.1) is 0 Å². The molecular formula is C13H16Cl2N2O. The molecule has 0 aromatic heterocycles. The molecular weight excluding hydrogens is 271 g/mol. The number of benzene rings is 1. The van der Waals surface area contributed by atoms with Crippen molar-refractivity contribution >= 4 is 29.1 Å². The van der Waals surface area contributed by atoms with Gasteiger partial charge in [-0.25, -0.2) is 0 Å². The highest BCUT2D eigenvalue weighted by Gasteiger charge is 2.29. The van der Waals surface area contributed by atoms with E-state index in [1.54, 1.807) is 4.90 Å². The second-order valence-electron chi connectivity index (χ2n) is 4.38. The van der Waals surface area contributed by atoms with Crippen LogP contribution in [-0.2, 0) is 11.2 Å². The first kappa shape index (κ1) is 13.7. The van der Waals surface area contributed by atoms with E-state index in [0.717, 1.165) is 19.5 Å². The first-order valence-electron chi connectivity index (χ1n) is 6.02. The molecule has 1 heterocycles. The third kappa shape index (κ3) is 3.37. The average Bonchev–Trinajstić information content (AvgIpc) is 2.39. The van der Waals surface area contributed by atoms with Crippen LogP contribution < -0.4 is 5.32 Å². The molecule has 1 aromatic carbocycles. The topological polar surface area (TPSA) is 32.3 Å². The maximum atomic E-state index is 11.9. The Morgan fingerprint density at radius 1 is 1.39 bits per heavy atom. The van der Waals surface area contributed by atoms with Crippen LogP contribution in [0.15, 0.2) is 30.3 Å². The number of rotatable bonds is 3. The smallest absolute Gasteiger partial charge is 0.256 e. The van der Waals surface area contributed by atoms with Gasteiger partial charge in [0.05, 0.1) is 0 Å². The van der Waals surface area contributed by atoms with Gasteiger partial charge in [0.25, 0.3) is 5.91 Å². The summed E-state index contributed by atoms with van der Waals surface area (Å²) in [4.78, 5) is 12.7. The lowest BCUT2D eigenvalue weighted by Crippen LogP contribution is -2.55. The number of amides is 1. The molecule has 5 heteroatoms. The lowest BCUT2D eigenvalue weighted by Gasteiger charge is -2.36. The van der Waals surface area contributed by atoms with Gasteiger partial charge in [-0.1, -0.05) is 53.5 Å². The molecule has 0 radical (unpaired) electrons.